The van der Waals surface area contributed by atoms with E-state index in [1.54, 1.807) is 0 Å². The van der Waals surface area contributed by atoms with Crippen LogP contribution in [0.4, 0.5) is 17.3 Å². The Bertz CT molecular complexity index is 922. The molecule has 4 heteroatoms. The first kappa shape index (κ1) is 14.5. The molecule has 4 heterocycles. The lowest BCUT2D eigenvalue weighted by atomic mass is 9.97. The van der Waals surface area contributed by atoms with Gasteiger partial charge in [0.25, 0.3) is 0 Å². The third kappa shape index (κ3) is 2.21. The van der Waals surface area contributed by atoms with Crippen molar-refractivity contribution in [2.75, 3.05) is 11.5 Å². The number of rotatable bonds is 1. The summed E-state index contributed by atoms with van der Waals surface area (Å²) in [7, 11) is 0. The molecule has 124 valence electrons. The van der Waals surface area contributed by atoms with E-state index in [-0.39, 0.29) is 0 Å². The molecule has 0 saturated heterocycles. The van der Waals surface area contributed by atoms with Crippen LogP contribution in [0.1, 0.15) is 28.7 Å². The van der Waals surface area contributed by atoms with Gasteiger partial charge in [0.2, 0.25) is 0 Å². The number of pyridine rings is 2. The molecule has 0 atom stereocenters. The minimum Gasteiger partial charge on any atom is -0.491 e. The van der Waals surface area contributed by atoms with Crippen LogP contribution in [-0.4, -0.2) is 16.6 Å². The topological polar surface area (TPSA) is 38.2 Å². The molecule has 5 rings (SSSR count). The summed E-state index contributed by atoms with van der Waals surface area (Å²) in [6.45, 7) is 2.92. The lowest BCUT2D eigenvalue weighted by Gasteiger charge is -2.33. The second-order valence-electron chi connectivity index (χ2n) is 6.65. The standard InChI is InChI=1S/C21H19N3O/c1-14-8-9-18(19-17(14)7-4-12-25-19)24-20-15(5-2-10-22-20)13-16-6-3-11-23-21(16)24/h2-3,5-6,8-11H,4,7,12-13H2,1H3. The number of hydrogen-bond donors (Lipinski definition) is 0. The van der Waals surface area contributed by atoms with Crippen molar-refractivity contribution in [3.63, 3.8) is 0 Å². The van der Waals surface area contributed by atoms with Gasteiger partial charge >= 0.3 is 0 Å². The largest absolute Gasteiger partial charge is 0.491 e. The Morgan fingerprint density at radius 2 is 1.68 bits per heavy atom. The highest BCUT2D eigenvalue weighted by Crippen LogP contribution is 2.47. The second-order valence-corrected chi connectivity index (χ2v) is 6.65. The fourth-order valence-electron chi connectivity index (χ4n) is 3.86. The average Bonchev–Trinajstić information content (AvgIpc) is 2.67. The van der Waals surface area contributed by atoms with E-state index in [2.05, 4.69) is 46.1 Å². The molecular weight excluding hydrogens is 310 g/mol. The normalized spacial score (nSPS) is 15.0. The van der Waals surface area contributed by atoms with Crippen molar-refractivity contribution in [3.05, 3.63) is 71.0 Å². The third-order valence-corrected chi connectivity index (χ3v) is 5.07. The van der Waals surface area contributed by atoms with E-state index < -0.39 is 0 Å². The van der Waals surface area contributed by atoms with Gasteiger partial charge in [-0.3, -0.25) is 4.90 Å². The van der Waals surface area contributed by atoms with Crippen LogP contribution in [0.25, 0.3) is 0 Å². The van der Waals surface area contributed by atoms with Crippen LogP contribution >= 0.6 is 0 Å². The molecule has 0 unspecified atom stereocenters. The maximum Gasteiger partial charge on any atom is 0.146 e. The SMILES string of the molecule is Cc1ccc(N2c3ncccc3Cc3cccnc32)c2c1CCCO2. The summed E-state index contributed by atoms with van der Waals surface area (Å²) in [6.07, 6.45) is 6.69. The Labute approximate surface area is 147 Å². The predicted octanol–water partition coefficient (Wildman–Crippen LogP) is 4.48. The van der Waals surface area contributed by atoms with Gasteiger partial charge in [-0.2, -0.15) is 0 Å². The van der Waals surface area contributed by atoms with Gasteiger partial charge in [-0.1, -0.05) is 18.2 Å². The molecule has 25 heavy (non-hydrogen) atoms. The lowest BCUT2D eigenvalue weighted by Crippen LogP contribution is -2.23. The minimum atomic E-state index is 0.765. The summed E-state index contributed by atoms with van der Waals surface area (Å²) in [5.74, 6) is 2.89. The van der Waals surface area contributed by atoms with Crippen molar-refractivity contribution >= 4 is 17.3 Å². The lowest BCUT2D eigenvalue weighted by molar-refractivity contribution is 0.289. The number of benzene rings is 1. The fourth-order valence-corrected chi connectivity index (χ4v) is 3.86. The first-order chi connectivity index (χ1) is 12.3. The van der Waals surface area contributed by atoms with Gasteiger partial charge in [0.15, 0.2) is 0 Å². The molecule has 2 aliphatic rings. The smallest absolute Gasteiger partial charge is 0.146 e. The first-order valence-corrected chi connectivity index (χ1v) is 8.76. The molecule has 0 aliphatic carbocycles. The van der Waals surface area contributed by atoms with Gasteiger partial charge in [-0.25, -0.2) is 9.97 Å². The number of hydrogen-bond acceptors (Lipinski definition) is 4. The fraction of sp³-hybridized carbons (Fsp3) is 0.238. The van der Waals surface area contributed by atoms with E-state index in [1.165, 1.54) is 22.3 Å². The minimum absolute atomic E-state index is 0.765. The van der Waals surface area contributed by atoms with Crippen LogP contribution in [0.5, 0.6) is 5.75 Å². The van der Waals surface area contributed by atoms with Gasteiger partial charge in [0.05, 0.1) is 12.3 Å². The Balaban J connectivity index is 1.78. The summed E-state index contributed by atoms with van der Waals surface area (Å²) in [5, 5.41) is 0. The molecule has 1 aromatic carbocycles. The summed E-state index contributed by atoms with van der Waals surface area (Å²) in [6, 6.07) is 12.6. The Hall–Kier alpha value is -2.88. The summed E-state index contributed by atoms with van der Waals surface area (Å²) in [4.78, 5) is 11.5. The summed E-state index contributed by atoms with van der Waals surface area (Å²) < 4.78 is 6.12. The summed E-state index contributed by atoms with van der Waals surface area (Å²) in [5.41, 5.74) is 6.07. The Morgan fingerprint density at radius 3 is 2.40 bits per heavy atom. The molecule has 0 bridgehead atoms. The van der Waals surface area contributed by atoms with Crippen LogP contribution in [0.15, 0.2) is 48.8 Å². The monoisotopic (exact) mass is 329 g/mol. The van der Waals surface area contributed by atoms with Gasteiger partial charge in [-0.15, -0.1) is 0 Å². The molecule has 0 spiro atoms. The molecule has 4 nitrogen and oxygen atoms in total. The Kier molecular flexibility index (Phi) is 3.23. The van der Waals surface area contributed by atoms with Gasteiger partial charge in [0.1, 0.15) is 17.4 Å². The second kappa shape index (κ2) is 5.59. The van der Waals surface area contributed by atoms with E-state index in [4.69, 9.17) is 4.74 Å². The van der Waals surface area contributed by atoms with Crippen molar-refractivity contribution in [1.29, 1.82) is 0 Å². The molecule has 0 fully saturated rings. The zero-order valence-corrected chi connectivity index (χ0v) is 14.2. The first-order valence-electron chi connectivity index (χ1n) is 8.76. The number of fused-ring (bicyclic) bond motifs is 3. The maximum absolute atomic E-state index is 6.12. The predicted molar refractivity (Wildman–Crippen MR) is 98.1 cm³/mol. The number of ether oxygens (including phenoxy) is 1. The number of anilines is 3. The van der Waals surface area contributed by atoms with Crippen LogP contribution in [-0.2, 0) is 12.8 Å². The molecule has 0 saturated carbocycles. The molecule has 2 aromatic heterocycles. The van der Waals surface area contributed by atoms with Crippen molar-refractivity contribution in [2.24, 2.45) is 0 Å². The van der Waals surface area contributed by atoms with Crippen molar-refractivity contribution in [3.8, 4) is 5.75 Å². The van der Waals surface area contributed by atoms with Crippen LogP contribution < -0.4 is 9.64 Å². The molecule has 2 aliphatic heterocycles. The number of nitrogens with zero attached hydrogens (tertiary/aromatic N) is 3. The third-order valence-electron chi connectivity index (χ3n) is 5.07. The Morgan fingerprint density at radius 1 is 0.960 bits per heavy atom. The van der Waals surface area contributed by atoms with Crippen molar-refractivity contribution in [2.45, 2.75) is 26.2 Å². The van der Waals surface area contributed by atoms with Crippen molar-refractivity contribution in [1.82, 2.24) is 9.97 Å². The van der Waals surface area contributed by atoms with Gasteiger partial charge in [-0.05, 0) is 60.2 Å². The number of aryl methyl sites for hydroxylation is 1. The van der Waals surface area contributed by atoms with Crippen LogP contribution in [0.2, 0.25) is 0 Å². The van der Waals surface area contributed by atoms with Crippen LogP contribution in [0, 0.1) is 6.92 Å². The molecule has 0 amide bonds. The molecule has 0 N–H and O–H groups in total. The molecule has 0 radical (unpaired) electrons. The zero-order valence-electron chi connectivity index (χ0n) is 14.2. The quantitative estimate of drug-likeness (QED) is 0.516. The van der Waals surface area contributed by atoms with E-state index >= 15 is 0 Å². The van der Waals surface area contributed by atoms with E-state index in [0.29, 0.717) is 0 Å². The van der Waals surface area contributed by atoms with Crippen LogP contribution in [0.3, 0.4) is 0 Å². The maximum atomic E-state index is 6.12. The average molecular weight is 329 g/mol. The highest BCUT2D eigenvalue weighted by atomic mass is 16.5. The van der Waals surface area contributed by atoms with Crippen molar-refractivity contribution < 1.29 is 4.74 Å². The van der Waals surface area contributed by atoms with Gasteiger partial charge < -0.3 is 4.74 Å². The summed E-state index contributed by atoms with van der Waals surface area (Å²) >= 11 is 0. The highest BCUT2D eigenvalue weighted by molar-refractivity contribution is 5.83. The highest BCUT2D eigenvalue weighted by Gasteiger charge is 2.30. The number of aromatic nitrogens is 2. The van der Waals surface area contributed by atoms with E-state index in [9.17, 15) is 0 Å². The molecule has 3 aromatic rings. The van der Waals surface area contributed by atoms with E-state index in [0.717, 1.165) is 48.9 Å². The van der Waals surface area contributed by atoms with Gasteiger partial charge in [0, 0.05) is 18.8 Å². The zero-order chi connectivity index (χ0) is 16.8. The molecular formula is C21H19N3O. The van der Waals surface area contributed by atoms with E-state index in [1.807, 2.05) is 24.5 Å².